The molecule has 1 amide bonds. The quantitative estimate of drug-likeness (QED) is 0.440. The van der Waals surface area contributed by atoms with Crippen LogP contribution in [0.15, 0.2) is 41.6 Å². The van der Waals surface area contributed by atoms with Crippen molar-refractivity contribution >= 4 is 23.4 Å². The Balaban J connectivity index is 1.64. The van der Waals surface area contributed by atoms with E-state index in [2.05, 4.69) is 15.5 Å². The Bertz CT molecular complexity index is 1040. The van der Waals surface area contributed by atoms with Crippen LogP contribution in [-0.4, -0.2) is 26.0 Å². The summed E-state index contributed by atoms with van der Waals surface area (Å²) in [4.78, 5) is 12.6. The Morgan fingerprint density at radius 1 is 1.13 bits per heavy atom. The molecule has 2 aromatic carbocycles. The molecule has 1 atom stereocenters. The van der Waals surface area contributed by atoms with E-state index in [4.69, 9.17) is 10.6 Å². The highest BCUT2D eigenvalue weighted by molar-refractivity contribution is 8.00. The fourth-order valence-corrected chi connectivity index (χ4v) is 3.76. The third-order valence-corrected chi connectivity index (χ3v) is 5.85. The Hall–Kier alpha value is -3.00. The zero-order valence-electron chi connectivity index (χ0n) is 17.9. The van der Waals surface area contributed by atoms with Crippen molar-refractivity contribution in [2.45, 2.75) is 51.6 Å². The largest absolute Gasteiger partial charge is 0.485 e. The predicted molar refractivity (Wildman–Crippen MR) is 120 cm³/mol. The Morgan fingerprint density at radius 3 is 2.53 bits per heavy atom. The SMILES string of the molecule is Cc1ccc(C)c(NC(=O)[C@@H](C)Sc2nnc(COc3c(C)cccc3C)n2N)c1. The van der Waals surface area contributed by atoms with Crippen LogP contribution in [0.1, 0.15) is 35.0 Å². The lowest BCUT2D eigenvalue weighted by atomic mass is 10.1. The standard InChI is InChI=1S/C22H27N5O2S/c1-13-9-10-14(2)18(11-13)24-21(28)17(5)30-22-26-25-19(27(22)23)12-29-20-15(3)7-6-8-16(20)4/h6-11,17H,12,23H2,1-5H3,(H,24,28)/t17-/m1/s1. The van der Waals surface area contributed by atoms with Crippen LogP contribution in [0.5, 0.6) is 5.75 Å². The highest BCUT2D eigenvalue weighted by Gasteiger charge is 2.20. The number of aryl methyl sites for hydroxylation is 4. The Labute approximate surface area is 181 Å². The second kappa shape index (κ2) is 9.21. The number of nitrogens with zero attached hydrogens (tertiary/aromatic N) is 3. The molecule has 0 spiro atoms. The summed E-state index contributed by atoms with van der Waals surface area (Å²) in [7, 11) is 0. The van der Waals surface area contributed by atoms with Crippen molar-refractivity contribution in [3.63, 3.8) is 0 Å². The lowest BCUT2D eigenvalue weighted by Gasteiger charge is -2.14. The fourth-order valence-electron chi connectivity index (χ4n) is 2.97. The number of carbonyl (C=O) groups excluding carboxylic acids is 1. The number of aromatic nitrogens is 3. The van der Waals surface area contributed by atoms with Gasteiger partial charge in [-0.2, -0.15) is 0 Å². The monoisotopic (exact) mass is 425 g/mol. The smallest absolute Gasteiger partial charge is 0.237 e. The fraction of sp³-hybridized carbons (Fsp3) is 0.318. The number of anilines is 1. The maximum absolute atomic E-state index is 12.6. The summed E-state index contributed by atoms with van der Waals surface area (Å²) in [6, 6.07) is 11.9. The second-order valence-corrected chi connectivity index (χ2v) is 8.65. The van der Waals surface area contributed by atoms with Crippen molar-refractivity contribution in [3.8, 4) is 5.75 Å². The molecule has 0 aliphatic heterocycles. The van der Waals surface area contributed by atoms with Crippen molar-refractivity contribution in [1.82, 2.24) is 14.9 Å². The molecule has 3 aromatic rings. The normalized spacial score (nSPS) is 11.9. The van der Waals surface area contributed by atoms with Crippen molar-refractivity contribution < 1.29 is 9.53 Å². The Morgan fingerprint density at radius 2 is 1.83 bits per heavy atom. The van der Waals surface area contributed by atoms with Crippen LogP contribution in [0, 0.1) is 27.7 Å². The number of thioether (sulfide) groups is 1. The predicted octanol–water partition coefficient (Wildman–Crippen LogP) is 3.92. The summed E-state index contributed by atoms with van der Waals surface area (Å²) in [6.45, 7) is 9.95. The molecule has 158 valence electrons. The summed E-state index contributed by atoms with van der Waals surface area (Å²) in [5, 5.41) is 11.3. The first-order valence-electron chi connectivity index (χ1n) is 9.69. The number of ether oxygens (including phenoxy) is 1. The number of carbonyl (C=O) groups is 1. The van der Waals surface area contributed by atoms with E-state index in [9.17, 15) is 4.79 Å². The first-order valence-corrected chi connectivity index (χ1v) is 10.6. The molecule has 1 aromatic heterocycles. The average Bonchev–Trinajstić information content (AvgIpc) is 3.04. The van der Waals surface area contributed by atoms with E-state index in [0.717, 1.165) is 33.7 Å². The molecule has 3 rings (SSSR count). The topological polar surface area (TPSA) is 95.1 Å². The van der Waals surface area contributed by atoms with Crippen LogP contribution in [0.3, 0.4) is 0 Å². The van der Waals surface area contributed by atoms with Crippen LogP contribution >= 0.6 is 11.8 Å². The van der Waals surface area contributed by atoms with E-state index >= 15 is 0 Å². The van der Waals surface area contributed by atoms with E-state index in [0.29, 0.717) is 11.0 Å². The van der Waals surface area contributed by atoms with Crippen molar-refractivity contribution in [1.29, 1.82) is 0 Å². The third-order valence-electron chi connectivity index (χ3n) is 4.79. The molecule has 3 N–H and O–H groups in total. The van der Waals surface area contributed by atoms with Gasteiger partial charge in [-0.15, -0.1) is 10.2 Å². The molecule has 0 bridgehead atoms. The number of benzene rings is 2. The molecule has 8 heteroatoms. The number of hydrogen-bond donors (Lipinski definition) is 2. The van der Waals surface area contributed by atoms with Gasteiger partial charge in [0, 0.05) is 5.69 Å². The van der Waals surface area contributed by atoms with Crippen LogP contribution in [-0.2, 0) is 11.4 Å². The molecular formula is C22H27N5O2S. The van der Waals surface area contributed by atoms with Gasteiger partial charge in [0.1, 0.15) is 12.4 Å². The van der Waals surface area contributed by atoms with Crippen molar-refractivity contribution in [3.05, 3.63) is 64.5 Å². The number of nitrogen functional groups attached to an aromatic ring is 1. The molecule has 0 aliphatic carbocycles. The van der Waals surface area contributed by atoms with Gasteiger partial charge in [0.15, 0.2) is 5.82 Å². The van der Waals surface area contributed by atoms with E-state index in [-0.39, 0.29) is 12.5 Å². The molecule has 0 unspecified atom stereocenters. The molecular weight excluding hydrogens is 398 g/mol. The van der Waals surface area contributed by atoms with E-state index in [1.54, 1.807) is 0 Å². The van der Waals surface area contributed by atoms with Gasteiger partial charge in [0.05, 0.1) is 5.25 Å². The molecule has 30 heavy (non-hydrogen) atoms. The molecule has 1 heterocycles. The second-order valence-electron chi connectivity index (χ2n) is 7.35. The van der Waals surface area contributed by atoms with Crippen LogP contribution in [0.2, 0.25) is 0 Å². The highest BCUT2D eigenvalue weighted by Crippen LogP contribution is 2.25. The number of nitrogens with one attached hydrogen (secondary N) is 1. The average molecular weight is 426 g/mol. The summed E-state index contributed by atoms with van der Waals surface area (Å²) in [5.41, 5.74) is 5.00. The van der Waals surface area contributed by atoms with Crippen LogP contribution in [0.25, 0.3) is 0 Å². The lowest BCUT2D eigenvalue weighted by Crippen LogP contribution is -2.24. The maximum Gasteiger partial charge on any atom is 0.237 e. The lowest BCUT2D eigenvalue weighted by molar-refractivity contribution is -0.115. The Kier molecular flexibility index (Phi) is 6.66. The van der Waals surface area contributed by atoms with Gasteiger partial charge >= 0.3 is 0 Å². The van der Waals surface area contributed by atoms with Crippen LogP contribution in [0.4, 0.5) is 5.69 Å². The highest BCUT2D eigenvalue weighted by atomic mass is 32.2. The number of nitrogens with two attached hydrogens (primary N) is 1. The summed E-state index contributed by atoms with van der Waals surface area (Å²) in [6.07, 6.45) is 0. The minimum absolute atomic E-state index is 0.120. The van der Waals surface area contributed by atoms with Crippen molar-refractivity contribution in [2.24, 2.45) is 0 Å². The minimum atomic E-state index is -0.399. The van der Waals surface area contributed by atoms with Gasteiger partial charge in [-0.3, -0.25) is 4.79 Å². The first kappa shape index (κ1) is 21.7. The maximum atomic E-state index is 12.6. The van der Waals surface area contributed by atoms with Crippen molar-refractivity contribution in [2.75, 3.05) is 11.2 Å². The number of rotatable bonds is 7. The summed E-state index contributed by atoms with van der Waals surface area (Å²) in [5.74, 6) is 7.33. The zero-order valence-corrected chi connectivity index (χ0v) is 18.7. The van der Waals surface area contributed by atoms with E-state index < -0.39 is 5.25 Å². The number of para-hydroxylation sites is 1. The molecule has 0 saturated heterocycles. The van der Waals surface area contributed by atoms with Gasteiger partial charge < -0.3 is 15.9 Å². The van der Waals surface area contributed by atoms with E-state index in [1.165, 1.54) is 16.4 Å². The van der Waals surface area contributed by atoms with Gasteiger partial charge in [0.2, 0.25) is 11.1 Å². The van der Waals surface area contributed by atoms with Gasteiger partial charge in [0.25, 0.3) is 0 Å². The first-order chi connectivity index (χ1) is 14.3. The van der Waals surface area contributed by atoms with E-state index in [1.807, 2.05) is 71.0 Å². The molecule has 0 fully saturated rings. The number of amides is 1. The minimum Gasteiger partial charge on any atom is -0.485 e. The molecule has 0 radical (unpaired) electrons. The zero-order chi connectivity index (χ0) is 21.8. The summed E-state index contributed by atoms with van der Waals surface area (Å²) >= 11 is 1.25. The molecule has 0 aliphatic rings. The van der Waals surface area contributed by atoms with Gasteiger partial charge in [-0.25, -0.2) is 4.68 Å². The van der Waals surface area contributed by atoms with Gasteiger partial charge in [-0.1, -0.05) is 42.1 Å². The van der Waals surface area contributed by atoms with Gasteiger partial charge in [-0.05, 0) is 62.9 Å². The summed E-state index contributed by atoms with van der Waals surface area (Å²) < 4.78 is 7.29. The molecule has 7 nitrogen and oxygen atoms in total. The third kappa shape index (κ3) is 4.94. The molecule has 0 saturated carbocycles. The van der Waals surface area contributed by atoms with Crippen LogP contribution < -0.4 is 15.9 Å². The number of hydrogen-bond acceptors (Lipinski definition) is 6.